The van der Waals surface area contributed by atoms with Gasteiger partial charge in [0.15, 0.2) is 0 Å². The van der Waals surface area contributed by atoms with E-state index < -0.39 is 10.0 Å². The van der Waals surface area contributed by atoms with Gasteiger partial charge >= 0.3 is 0 Å². The molecule has 1 aliphatic rings. The summed E-state index contributed by atoms with van der Waals surface area (Å²) in [6.07, 6.45) is 5.09. The predicted octanol–water partition coefficient (Wildman–Crippen LogP) is 2.62. The zero-order valence-corrected chi connectivity index (χ0v) is 19.0. The highest BCUT2D eigenvalue weighted by Crippen LogP contribution is 2.27. The van der Waals surface area contributed by atoms with Gasteiger partial charge in [-0.2, -0.15) is 4.31 Å². The third-order valence-electron chi connectivity index (χ3n) is 5.60. The van der Waals surface area contributed by atoms with E-state index in [2.05, 4.69) is 15.3 Å². The van der Waals surface area contributed by atoms with Crippen molar-refractivity contribution < 1.29 is 13.2 Å². The standard InChI is InChI=1S/C21H25N5O3S2/c1-15(21(27)24-17-7-3-4-8-18(17)30-2)25-10-12-26(13-11-25)31(28,29)19-14-23-20-16(19)6-5-9-22-20/h3-9,14-15H,10-13H2,1-2H3,(H,22,23)(H,24,27). The van der Waals surface area contributed by atoms with Crippen molar-refractivity contribution in [2.24, 2.45) is 0 Å². The number of para-hydroxylation sites is 1. The molecule has 1 fully saturated rings. The molecule has 1 atom stereocenters. The molecule has 0 bridgehead atoms. The van der Waals surface area contributed by atoms with Crippen LogP contribution in [0.4, 0.5) is 5.69 Å². The van der Waals surface area contributed by atoms with Crippen molar-refractivity contribution in [3.05, 3.63) is 48.8 Å². The Labute approximate surface area is 186 Å². The zero-order chi connectivity index (χ0) is 22.0. The van der Waals surface area contributed by atoms with Crippen LogP contribution in [-0.4, -0.2) is 72.0 Å². The Balaban J connectivity index is 1.41. The molecule has 2 N–H and O–H groups in total. The van der Waals surface area contributed by atoms with E-state index in [1.54, 1.807) is 30.1 Å². The van der Waals surface area contributed by atoms with Gasteiger partial charge in [-0.15, -0.1) is 11.8 Å². The molecule has 1 amide bonds. The summed E-state index contributed by atoms with van der Waals surface area (Å²) < 4.78 is 27.8. The SMILES string of the molecule is CSc1ccccc1NC(=O)C(C)N1CCN(S(=O)(=O)c2c[nH]c3ncccc23)CC1. The average Bonchev–Trinajstić information content (AvgIpc) is 3.24. The molecule has 164 valence electrons. The lowest BCUT2D eigenvalue weighted by Gasteiger charge is -2.36. The number of rotatable bonds is 6. The number of aromatic amines is 1. The van der Waals surface area contributed by atoms with E-state index in [0.29, 0.717) is 37.2 Å². The van der Waals surface area contributed by atoms with E-state index in [1.165, 1.54) is 10.5 Å². The third kappa shape index (κ3) is 4.33. The van der Waals surface area contributed by atoms with E-state index in [1.807, 2.05) is 42.3 Å². The van der Waals surface area contributed by atoms with E-state index in [-0.39, 0.29) is 16.8 Å². The molecule has 31 heavy (non-hydrogen) atoms. The number of amides is 1. The number of hydrogen-bond acceptors (Lipinski definition) is 6. The minimum Gasteiger partial charge on any atom is -0.345 e. The average molecular weight is 460 g/mol. The van der Waals surface area contributed by atoms with Crippen molar-refractivity contribution in [1.29, 1.82) is 0 Å². The minimum absolute atomic E-state index is 0.0967. The molecule has 0 radical (unpaired) electrons. The van der Waals surface area contributed by atoms with Crippen LogP contribution in [0.5, 0.6) is 0 Å². The van der Waals surface area contributed by atoms with E-state index in [4.69, 9.17) is 0 Å². The minimum atomic E-state index is -3.64. The number of aromatic nitrogens is 2. The summed E-state index contributed by atoms with van der Waals surface area (Å²) >= 11 is 1.58. The lowest BCUT2D eigenvalue weighted by atomic mass is 10.2. The second-order valence-corrected chi connectivity index (χ2v) is 10.1. The molecule has 8 nitrogen and oxygen atoms in total. The number of anilines is 1. The van der Waals surface area contributed by atoms with Crippen LogP contribution in [0.3, 0.4) is 0 Å². The number of benzene rings is 1. The topological polar surface area (TPSA) is 98.4 Å². The van der Waals surface area contributed by atoms with Gasteiger partial charge in [0.25, 0.3) is 0 Å². The Morgan fingerprint density at radius 2 is 1.90 bits per heavy atom. The molecule has 3 heterocycles. The fourth-order valence-electron chi connectivity index (χ4n) is 3.77. The van der Waals surface area contributed by atoms with E-state index >= 15 is 0 Å². The van der Waals surface area contributed by atoms with Crippen molar-refractivity contribution in [2.45, 2.75) is 22.8 Å². The second-order valence-electron chi connectivity index (χ2n) is 7.36. The van der Waals surface area contributed by atoms with Gasteiger partial charge in [0.05, 0.1) is 11.7 Å². The Kier molecular flexibility index (Phi) is 6.33. The summed E-state index contributed by atoms with van der Waals surface area (Å²) in [4.78, 5) is 23.1. The highest BCUT2D eigenvalue weighted by atomic mass is 32.2. The largest absolute Gasteiger partial charge is 0.345 e. The van der Waals surface area contributed by atoms with E-state index in [0.717, 1.165) is 10.6 Å². The quantitative estimate of drug-likeness (QED) is 0.550. The van der Waals surface area contributed by atoms with Crippen LogP contribution in [0, 0.1) is 0 Å². The highest BCUT2D eigenvalue weighted by molar-refractivity contribution is 7.98. The maximum atomic E-state index is 13.2. The molecule has 10 heteroatoms. The normalized spacial score (nSPS) is 17.0. The highest BCUT2D eigenvalue weighted by Gasteiger charge is 2.33. The smallest absolute Gasteiger partial charge is 0.245 e. The number of nitrogens with one attached hydrogen (secondary N) is 2. The maximum absolute atomic E-state index is 13.2. The molecule has 1 aliphatic heterocycles. The van der Waals surface area contributed by atoms with Gasteiger partial charge in [0.2, 0.25) is 15.9 Å². The first-order valence-corrected chi connectivity index (χ1v) is 12.7. The van der Waals surface area contributed by atoms with Crippen molar-refractivity contribution in [3.63, 3.8) is 0 Å². The molecule has 0 aliphatic carbocycles. The number of hydrogen-bond donors (Lipinski definition) is 2. The molecule has 1 aromatic carbocycles. The fourth-order valence-corrected chi connectivity index (χ4v) is 5.89. The van der Waals surface area contributed by atoms with Gasteiger partial charge in [-0.1, -0.05) is 12.1 Å². The van der Waals surface area contributed by atoms with Gasteiger partial charge in [0, 0.05) is 48.9 Å². The van der Waals surface area contributed by atoms with Gasteiger partial charge < -0.3 is 10.3 Å². The molecule has 0 saturated carbocycles. The van der Waals surface area contributed by atoms with Crippen molar-refractivity contribution in [2.75, 3.05) is 37.8 Å². The van der Waals surface area contributed by atoms with Gasteiger partial charge in [-0.3, -0.25) is 9.69 Å². The molecular formula is C21H25N5O3S2. The van der Waals surface area contributed by atoms with E-state index in [9.17, 15) is 13.2 Å². The lowest BCUT2D eigenvalue weighted by Crippen LogP contribution is -2.53. The maximum Gasteiger partial charge on any atom is 0.245 e. The molecule has 3 aromatic rings. The van der Waals surface area contributed by atoms with Gasteiger partial charge in [0.1, 0.15) is 10.5 Å². The fraction of sp³-hybridized carbons (Fsp3) is 0.333. The van der Waals surface area contributed by atoms with Gasteiger partial charge in [-0.05, 0) is 37.4 Å². The Hall–Kier alpha value is -2.40. The number of carbonyl (C=O) groups is 1. The van der Waals surface area contributed by atoms with Crippen LogP contribution < -0.4 is 5.32 Å². The number of sulfonamides is 1. The number of nitrogens with zero attached hydrogens (tertiary/aromatic N) is 3. The molecule has 4 rings (SSSR count). The number of thioether (sulfide) groups is 1. The Morgan fingerprint density at radius 3 is 2.65 bits per heavy atom. The lowest BCUT2D eigenvalue weighted by molar-refractivity contribution is -0.121. The Morgan fingerprint density at radius 1 is 1.16 bits per heavy atom. The number of H-pyrrole nitrogens is 1. The third-order valence-corrected chi connectivity index (χ3v) is 8.33. The van der Waals surface area contributed by atoms with Crippen molar-refractivity contribution in [1.82, 2.24) is 19.2 Å². The number of carbonyl (C=O) groups excluding carboxylic acids is 1. The van der Waals surface area contributed by atoms with Crippen molar-refractivity contribution in [3.8, 4) is 0 Å². The first-order chi connectivity index (χ1) is 14.9. The second kappa shape index (κ2) is 8.99. The summed E-state index contributed by atoms with van der Waals surface area (Å²) in [5.41, 5.74) is 1.34. The first-order valence-electron chi connectivity index (χ1n) is 10.0. The number of pyridine rings is 1. The summed E-state index contributed by atoms with van der Waals surface area (Å²) in [7, 11) is -3.64. The van der Waals surface area contributed by atoms with Crippen LogP contribution in [0.2, 0.25) is 0 Å². The summed E-state index contributed by atoms with van der Waals surface area (Å²) in [5.74, 6) is -0.0967. The van der Waals surface area contributed by atoms with Crippen molar-refractivity contribution >= 4 is 44.4 Å². The molecule has 0 spiro atoms. The van der Waals surface area contributed by atoms with Crippen LogP contribution in [0.15, 0.2) is 58.6 Å². The first kappa shape index (κ1) is 21.8. The molecular weight excluding hydrogens is 434 g/mol. The van der Waals surface area contributed by atoms with Crippen LogP contribution >= 0.6 is 11.8 Å². The molecule has 2 aromatic heterocycles. The number of piperazine rings is 1. The summed E-state index contributed by atoms with van der Waals surface area (Å²) in [6.45, 7) is 3.48. The summed E-state index contributed by atoms with van der Waals surface area (Å²) in [6, 6.07) is 10.8. The van der Waals surface area contributed by atoms with Crippen LogP contribution in [-0.2, 0) is 14.8 Å². The van der Waals surface area contributed by atoms with Gasteiger partial charge in [-0.25, -0.2) is 13.4 Å². The molecule has 1 saturated heterocycles. The monoisotopic (exact) mass is 459 g/mol. The molecule has 1 unspecified atom stereocenters. The predicted molar refractivity (Wildman–Crippen MR) is 123 cm³/mol. The van der Waals surface area contributed by atoms with Crippen LogP contribution in [0.25, 0.3) is 11.0 Å². The zero-order valence-electron chi connectivity index (χ0n) is 17.4. The van der Waals surface area contributed by atoms with Crippen LogP contribution in [0.1, 0.15) is 6.92 Å². The Bertz CT molecular complexity index is 1190. The number of fused-ring (bicyclic) bond motifs is 1. The summed E-state index contributed by atoms with van der Waals surface area (Å²) in [5, 5.41) is 3.59.